The highest BCUT2D eigenvalue weighted by Crippen LogP contribution is 2.30. The molecule has 0 radical (unpaired) electrons. The second-order valence-corrected chi connectivity index (χ2v) is 5.60. The zero-order chi connectivity index (χ0) is 13.3. The van der Waals surface area contributed by atoms with Gasteiger partial charge in [0.05, 0.1) is 22.4 Å². The Morgan fingerprint density at radius 1 is 1.28 bits per heavy atom. The fourth-order valence-corrected chi connectivity index (χ4v) is 2.66. The number of aryl methyl sites for hydroxylation is 1. The summed E-state index contributed by atoms with van der Waals surface area (Å²) in [7, 11) is 0. The van der Waals surface area contributed by atoms with E-state index >= 15 is 0 Å². The first-order valence-corrected chi connectivity index (χ1v) is 6.85. The first kappa shape index (κ1) is 13.3. The molecule has 1 atom stereocenters. The normalized spacial score (nSPS) is 13.0. The molecule has 0 spiro atoms. The van der Waals surface area contributed by atoms with Gasteiger partial charge in [-0.25, -0.2) is 0 Å². The van der Waals surface area contributed by atoms with Crippen LogP contribution < -0.4 is 5.73 Å². The molecule has 0 bridgehead atoms. The lowest BCUT2D eigenvalue weighted by Crippen LogP contribution is -2.20. The summed E-state index contributed by atoms with van der Waals surface area (Å²) in [5, 5.41) is 4.38. The first-order chi connectivity index (χ1) is 8.52. The third kappa shape index (κ3) is 2.35. The summed E-state index contributed by atoms with van der Waals surface area (Å²) in [4.78, 5) is 0. The number of benzene rings is 1. The first-order valence-electron chi connectivity index (χ1n) is 6.06. The van der Waals surface area contributed by atoms with Gasteiger partial charge in [0.2, 0.25) is 0 Å². The smallest absolute Gasteiger partial charge is 0.0742 e. The van der Waals surface area contributed by atoms with Crippen molar-refractivity contribution >= 4 is 15.9 Å². The second-order valence-electron chi connectivity index (χ2n) is 4.75. The third-order valence-electron chi connectivity index (χ3n) is 3.09. The van der Waals surface area contributed by atoms with Gasteiger partial charge in [0.25, 0.3) is 0 Å². The quantitative estimate of drug-likeness (QED) is 0.942. The van der Waals surface area contributed by atoms with Gasteiger partial charge >= 0.3 is 0 Å². The van der Waals surface area contributed by atoms with Crippen LogP contribution in [0.5, 0.6) is 0 Å². The molecule has 1 heterocycles. The van der Waals surface area contributed by atoms with E-state index in [1.807, 2.05) is 23.0 Å². The van der Waals surface area contributed by atoms with Crippen LogP contribution in [0.25, 0.3) is 0 Å². The maximum atomic E-state index is 6.41. The molecule has 4 heteroatoms. The molecular formula is C14H18BrN3. The average molecular weight is 308 g/mol. The Morgan fingerprint density at radius 2 is 1.94 bits per heavy atom. The molecule has 0 saturated carbocycles. The molecule has 3 nitrogen and oxygen atoms in total. The second kappa shape index (κ2) is 5.24. The van der Waals surface area contributed by atoms with Crippen molar-refractivity contribution < 1.29 is 0 Å². The van der Waals surface area contributed by atoms with E-state index in [9.17, 15) is 0 Å². The number of aromatic nitrogens is 2. The molecule has 0 aliphatic rings. The molecule has 96 valence electrons. The van der Waals surface area contributed by atoms with Crippen LogP contribution >= 0.6 is 15.9 Å². The summed E-state index contributed by atoms with van der Waals surface area (Å²) in [5.74, 6) is 0. The van der Waals surface area contributed by atoms with Crippen molar-refractivity contribution in [3.8, 4) is 0 Å². The van der Waals surface area contributed by atoms with E-state index in [4.69, 9.17) is 5.73 Å². The van der Waals surface area contributed by atoms with Gasteiger partial charge in [-0.3, -0.25) is 4.68 Å². The van der Waals surface area contributed by atoms with Gasteiger partial charge in [0.1, 0.15) is 0 Å². The van der Waals surface area contributed by atoms with Crippen LogP contribution in [0, 0.1) is 6.92 Å². The lowest BCUT2D eigenvalue weighted by molar-refractivity contribution is 0.498. The van der Waals surface area contributed by atoms with E-state index < -0.39 is 0 Å². The van der Waals surface area contributed by atoms with E-state index in [1.54, 1.807) is 0 Å². The number of hydrogen-bond donors (Lipinski definition) is 1. The van der Waals surface area contributed by atoms with Crippen molar-refractivity contribution in [3.63, 3.8) is 0 Å². The van der Waals surface area contributed by atoms with Crippen LogP contribution in [0.1, 0.15) is 42.8 Å². The standard InChI is InChI=1S/C14H18BrN3/c1-9(2)18-14(12(15)8-17-18)13(16)11-7-5-4-6-10(11)3/h4-9,13H,16H2,1-3H3. The number of nitrogens with two attached hydrogens (primary N) is 1. The molecule has 2 aromatic rings. The predicted molar refractivity (Wildman–Crippen MR) is 77.5 cm³/mol. The Labute approximate surface area is 116 Å². The Balaban J connectivity index is 2.49. The third-order valence-corrected chi connectivity index (χ3v) is 3.71. The fourth-order valence-electron chi connectivity index (χ4n) is 2.14. The molecule has 1 unspecified atom stereocenters. The Kier molecular flexibility index (Phi) is 3.88. The predicted octanol–water partition coefficient (Wildman–Crippen LogP) is 3.58. The van der Waals surface area contributed by atoms with Gasteiger partial charge in [0.15, 0.2) is 0 Å². The number of hydrogen-bond acceptors (Lipinski definition) is 2. The number of halogens is 1. The van der Waals surface area contributed by atoms with E-state index in [2.05, 4.69) is 53.9 Å². The Bertz CT molecular complexity index is 546. The fraction of sp³-hybridized carbons (Fsp3) is 0.357. The van der Waals surface area contributed by atoms with Crippen LogP contribution in [0.3, 0.4) is 0 Å². The number of rotatable bonds is 3. The van der Waals surface area contributed by atoms with Crippen molar-refractivity contribution in [2.75, 3.05) is 0 Å². The molecule has 0 saturated heterocycles. The molecule has 0 aliphatic heterocycles. The minimum Gasteiger partial charge on any atom is -0.319 e. The molecule has 0 fully saturated rings. The molecule has 2 N–H and O–H groups in total. The van der Waals surface area contributed by atoms with Crippen LogP contribution in [-0.2, 0) is 0 Å². The van der Waals surface area contributed by atoms with E-state index in [-0.39, 0.29) is 6.04 Å². The average Bonchev–Trinajstić information content (AvgIpc) is 2.71. The number of nitrogens with zero attached hydrogens (tertiary/aromatic N) is 2. The molecule has 1 aromatic carbocycles. The van der Waals surface area contributed by atoms with Gasteiger partial charge in [-0.1, -0.05) is 24.3 Å². The highest BCUT2D eigenvalue weighted by molar-refractivity contribution is 9.10. The lowest BCUT2D eigenvalue weighted by Gasteiger charge is -2.19. The summed E-state index contributed by atoms with van der Waals surface area (Å²) in [6, 6.07) is 8.34. The molecule has 2 rings (SSSR count). The molecule has 0 amide bonds. The monoisotopic (exact) mass is 307 g/mol. The van der Waals surface area contributed by atoms with Crippen molar-refractivity contribution in [2.24, 2.45) is 5.73 Å². The van der Waals surface area contributed by atoms with Crippen molar-refractivity contribution in [3.05, 3.63) is 51.8 Å². The van der Waals surface area contributed by atoms with Gasteiger partial charge in [-0.15, -0.1) is 0 Å². The van der Waals surface area contributed by atoms with Gasteiger partial charge < -0.3 is 5.73 Å². The lowest BCUT2D eigenvalue weighted by atomic mass is 9.99. The molecule has 18 heavy (non-hydrogen) atoms. The van der Waals surface area contributed by atoms with Crippen molar-refractivity contribution in [1.82, 2.24) is 9.78 Å². The highest BCUT2D eigenvalue weighted by Gasteiger charge is 2.20. The maximum absolute atomic E-state index is 6.41. The van der Waals surface area contributed by atoms with Gasteiger partial charge in [-0.05, 0) is 47.8 Å². The van der Waals surface area contributed by atoms with E-state index in [0.717, 1.165) is 15.7 Å². The maximum Gasteiger partial charge on any atom is 0.0742 e. The summed E-state index contributed by atoms with van der Waals surface area (Å²) in [6.45, 7) is 6.29. The highest BCUT2D eigenvalue weighted by atomic mass is 79.9. The van der Waals surface area contributed by atoms with Crippen LogP contribution in [0.15, 0.2) is 34.9 Å². The molecular weight excluding hydrogens is 290 g/mol. The summed E-state index contributed by atoms with van der Waals surface area (Å²) in [5.41, 5.74) is 9.78. The van der Waals surface area contributed by atoms with Gasteiger partial charge in [0, 0.05) is 6.04 Å². The summed E-state index contributed by atoms with van der Waals surface area (Å²) in [6.07, 6.45) is 1.81. The molecule has 1 aromatic heterocycles. The Hall–Kier alpha value is -1.13. The zero-order valence-corrected chi connectivity index (χ0v) is 12.5. The summed E-state index contributed by atoms with van der Waals surface area (Å²) >= 11 is 3.54. The van der Waals surface area contributed by atoms with Crippen LogP contribution in [0.2, 0.25) is 0 Å². The minimum atomic E-state index is -0.162. The van der Waals surface area contributed by atoms with Crippen molar-refractivity contribution in [1.29, 1.82) is 0 Å². The van der Waals surface area contributed by atoms with E-state index in [0.29, 0.717) is 6.04 Å². The van der Waals surface area contributed by atoms with Crippen molar-refractivity contribution in [2.45, 2.75) is 32.9 Å². The topological polar surface area (TPSA) is 43.8 Å². The van der Waals surface area contributed by atoms with Crippen LogP contribution in [0.4, 0.5) is 0 Å². The largest absolute Gasteiger partial charge is 0.319 e. The Morgan fingerprint density at radius 3 is 2.56 bits per heavy atom. The minimum absolute atomic E-state index is 0.162. The molecule has 0 aliphatic carbocycles. The van der Waals surface area contributed by atoms with Crippen LogP contribution in [-0.4, -0.2) is 9.78 Å². The summed E-state index contributed by atoms with van der Waals surface area (Å²) < 4.78 is 2.94. The van der Waals surface area contributed by atoms with Gasteiger partial charge in [-0.2, -0.15) is 5.10 Å². The van der Waals surface area contributed by atoms with E-state index in [1.165, 1.54) is 5.56 Å². The zero-order valence-electron chi connectivity index (χ0n) is 10.9. The SMILES string of the molecule is Cc1ccccc1C(N)c1c(Br)cnn1C(C)C.